The molecule has 0 aromatic carbocycles. The third kappa shape index (κ3) is 3.14. The molecule has 1 fully saturated rings. The molecular weight excluding hydrogens is 288 g/mol. The minimum absolute atomic E-state index is 0.0469. The van der Waals surface area contributed by atoms with E-state index in [0.29, 0.717) is 16.7 Å². The van der Waals surface area contributed by atoms with Crippen molar-refractivity contribution in [3.63, 3.8) is 0 Å². The standard InChI is InChI=1S/C14H26N4O2S/c1-10-12(9-15)13(17-16-10)21(19,20)18(4)11-5-7-14(2,3)8-6-11/h11H,5-9,15H2,1-4H3,(H,16,17). The number of nitrogens with one attached hydrogen (secondary N) is 1. The molecule has 1 heterocycles. The van der Waals surface area contributed by atoms with E-state index in [1.54, 1.807) is 14.0 Å². The number of aromatic nitrogens is 2. The van der Waals surface area contributed by atoms with Crippen molar-refractivity contribution in [3.8, 4) is 0 Å². The van der Waals surface area contributed by atoms with Crippen molar-refractivity contribution in [2.45, 2.75) is 64.1 Å². The lowest BCUT2D eigenvalue weighted by atomic mass is 9.76. The summed E-state index contributed by atoms with van der Waals surface area (Å²) >= 11 is 0. The summed E-state index contributed by atoms with van der Waals surface area (Å²) in [6.07, 6.45) is 3.87. The molecule has 0 bridgehead atoms. The maximum Gasteiger partial charge on any atom is 0.262 e. The predicted octanol–water partition coefficient (Wildman–Crippen LogP) is 1.77. The summed E-state index contributed by atoms with van der Waals surface area (Å²) in [5, 5.41) is 6.78. The van der Waals surface area contributed by atoms with Gasteiger partial charge in [-0.3, -0.25) is 5.10 Å². The topological polar surface area (TPSA) is 92.1 Å². The van der Waals surface area contributed by atoms with E-state index in [0.717, 1.165) is 25.7 Å². The summed E-state index contributed by atoms with van der Waals surface area (Å²) < 4.78 is 27.0. The summed E-state index contributed by atoms with van der Waals surface area (Å²) in [6.45, 7) is 6.43. The Morgan fingerprint density at radius 1 is 1.38 bits per heavy atom. The van der Waals surface area contributed by atoms with Gasteiger partial charge in [0.25, 0.3) is 10.0 Å². The molecule has 1 aliphatic rings. The van der Waals surface area contributed by atoms with Gasteiger partial charge in [0.15, 0.2) is 5.03 Å². The van der Waals surface area contributed by atoms with Gasteiger partial charge >= 0.3 is 0 Å². The maximum absolute atomic E-state index is 12.8. The predicted molar refractivity (Wildman–Crippen MR) is 82.2 cm³/mol. The minimum Gasteiger partial charge on any atom is -0.326 e. The summed E-state index contributed by atoms with van der Waals surface area (Å²) in [7, 11) is -1.93. The minimum atomic E-state index is -3.59. The molecule has 1 aromatic rings. The Balaban J connectivity index is 2.23. The molecule has 1 aromatic heterocycles. The Hall–Kier alpha value is -0.920. The van der Waals surface area contributed by atoms with E-state index in [9.17, 15) is 8.42 Å². The van der Waals surface area contributed by atoms with Crippen LogP contribution in [-0.2, 0) is 16.6 Å². The van der Waals surface area contributed by atoms with E-state index in [1.807, 2.05) is 0 Å². The number of aryl methyl sites for hydroxylation is 1. The summed E-state index contributed by atoms with van der Waals surface area (Å²) in [5.74, 6) is 0. The Labute approximate surface area is 127 Å². The van der Waals surface area contributed by atoms with Crippen molar-refractivity contribution < 1.29 is 8.42 Å². The molecule has 0 atom stereocenters. The van der Waals surface area contributed by atoms with E-state index >= 15 is 0 Å². The van der Waals surface area contributed by atoms with Gasteiger partial charge in [0.05, 0.1) is 0 Å². The molecule has 7 heteroatoms. The average Bonchev–Trinajstić information content (AvgIpc) is 2.79. The second kappa shape index (κ2) is 5.70. The monoisotopic (exact) mass is 314 g/mol. The molecule has 1 aliphatic carbocycles. The molecule has 0 spiro atoms. The van der Waals surface area contributed by atoms with Crippen LogP contribution >= 0.6 is 0 Å². The van der Waals surface area contributed by atoms with Crippen LogP contribution in [0.2, 0.25) is 0 Å². The third-order valence-corrected chi connectivity index (χ3v) is 6.57. The fourth-order valence-corrected chi connectivity index (χ4v) is 4.55. The third-order valence-electron chi connectivity index (χ3n) is 4.69. The lowest BCUT2D eigenvalue weighted by Gasteiger charge is -2.37. The van der Waals surface area contributed by atoms with Crippen LogP contribution in [0.1, 0.15) is 50.8 Å². The largest absolute Gasteiger partial charge is 0.326 e. The first-order chi connectivity index (χ1) is 9.69. The van der Waals surface area contributed by atoms with Crippen molar-refractivity contribution in [1.82, 2.24) is 14.5 Å². The zero-order valence-corrected chi connectivity index (χ0v) is 14.1. The van der Waals surface area contributed by atoms with Crippen molar-refractivity contribution >= 4 is 10.0 Å². The summed E-state index contributed by atoms with van der Waals surface area (Å²) in [5.41, 5.74) is 7.27. The van der Waals surface area contributed by atoms with Gasteiger partial charge in [-0.1, -0.05) is 13.8 Å². The van der Waals surface area contributed by atoms with Gasteiger partial charge in [-0.2, -0.15) is 9.40 Å². The number of sulfonamides is 1. The van der Waals surface area contributed by atoms with Gasteiger partial charge in [0, 0.05) is 30.9 Å². The first kappa shape index (κ1) is 16.5. The summed E-state index contributed by atoms with van der Waals surface area (Å²) in [4.78, 5) is 0. The fourth-order valence-electron chi connectivity index (χ4n) is 2.96. The normalized spacial score (nSPS) is 20.1. The van der Waals surface area contributed by atoms with Crippen LogP contribution in [0.5, 0.6) is 0 Å². The van der Waals surface area contributed by atoms with E-state index in [4.69, 9.17) is 5.73 Å². The van der Waals surface area contributed by atoms with Gasteiger partial charge in [-0.25, -0.2) is 8.42 Å². The van der Waals surface area contributed by atoms with Crippen LogP contribution in [0.15, 0.2) is 5.03 Å². The molecule has 0 radical (unpaired) electrons. The van der Waals surface area contributed by atoms with Crippen molar-refractivity contribution in [1.29, 1.82) is 0 Å². The quantitative estimate of drug-likeness (QED) is 0.886. The molecule has 3 N–H and O–H groups in total. The molecule has 1 saturated carbocycles. The van der Waals surface area contributed by atoms with Crippen molar-refractivity contribution in [2.75, 3.05) is 7.05 Å². The highest BCUT2D eigenvalue weighted by Crippen LogP contribution is 2.37. The van der Waals surface area contributed by atoms with Crippen LogP contribution in [0.4, 0.5) is 0 Å². The first-order valence-electron chi connectivity index (χ1n) is 7.41. The number of nitrogens with two attached hydrogens (primary N) is 1. The molecule has 21 heavy (non-hydrogen) atoms. The molecule has 0 saturated heterocycles. The van der Waals surface area contributed by atoms with E-state index in [-0.39, 0.29) is 17.6 Å². The Morgan fingerprint density at radius 3 is 2.48 bits per heavy atom. The van der Waals surface area contributed by atoms with Crippen LogP contribution in [0, 0.1) is 12.3 Å². The number of aromatic amines is 1. The van der Waals surface area contributed by atoms with E-state index in [2.05, 4.69) is 24.0 Å². The van der Waals surface area contributed by atoms with E-state index < -0.39 is 10.0 Å². The smallest absolute Gasteiger partial charge is 0.262 e. The van der Waals surface area contributed by atoms with Gasteiger partial charge in [-0.05, 0) is 38.0 Å². The lowest BCUT2D eigenvalue weighted by molar-refractivity contribution is 0.174. The second-order valence-electron chi connectivity index (χ2n) is 6.75. The molecule has 120 valence electrons. The number of H-pyrrole nitrogens is 1. The number of rotatable bonds is 4. The SMILES string of the molecule is Cc1[nH]nc(S(=O)(=O)N(C)C2CCC(C)(C)CC2)c1CN. The lowest BCUT2D eigenvalue weighted by Crippen LogP contribution is -2.41. The Morgan fingerprint density at radius 2 is 1.95 bits per heavy atom. The van der Waals surface area contributed by atoms with Gasteiger partial charge in [-0.15, -0.1) is 0 Å². The average molecular weight is 314 g/mol. The molecule has 0 amide bonds. The van der Waals surface area contributed by atoms with Gasteiger partial charge in [0.1, 0.15) is 0 Å². The Kier molecular flexibility index (Phi) is 4.46. The van der Waals surface area contributed by atoms with Crippen molar-refractivity contribution in [3.05, 3.63) is 11.3 Å². The molecule has 6 nitrogen and oxygen atoms in total. The first-order valence-corrected chi connectivity index (χ1v) is 8.85. The maximum atomic E-state index is 12.8. The molecule has 0 unspecified atom stereocenters. The fraction of sp³-hybridized carbons (Fsp3) is 0.786. The highest BCUT2D eigenvalue weighted by Gasteiger charge is 2.36. The van der Waals surface area contributed by atoms with Gasteiger partial charge < -0.3 is 5.73 Å². The highest BCUT2D eigenvalue weighted by atomic mass is 32.2. The molecular formula is C14H26N4O2S. The summed E-state index contributed by atoms with van der Waals surface area (Å²) in [6, 6.07) is 0.0469. The van der Waals surface area contributed by atoms with Crippen LogP contribution in [-0.4, -0.2) is 36.0 Å². The molecule has 0 aliphatic heterocycles. The van der Waals surface area contributed by atoms with Crippen LogP contribution in [0.3, 0.4) is 0 Å². The van der Waals surface area contributed by atoms with Crippen molar-refractivity contribution in [2.24, 2.45) is 11.1 Å². The number of hydrogen-bond acceptors (Lipinski definition) is 4. The van der Waals surface area contributed by atoms with Crippen LogP contribution < -0.4 is 5.73 Å². The zero-order valence-electron chi connectivity index (χ0n) is 13.3. The van der Waals surface area contributed by atoms with E-state index in [1.165, 1.54) is 4.31 Å². The number of hydrogen-bond donors (Lipinski definition) is 2. The molecule has 2 rings (SSSR count). The van der Waals surface area contributed by atoms with Crippen LogP contribution in [0.25, 0.3) is 0 Å². The number of nitrogens with zero attached hydrogens (tertiary/aromatic N) is 2. The Bertz CT molecular complexity index is 596. The second-order valence-corrected chi connectivity index (χ2v) is 8.67. The van der Waals surface area contributed by atoms with Gasteiger partial charge in [0.2, 0.25) is 0 Å². The highest BCUT2D eigenvalue weighted by molar-refractivity contribution is 7.89. The zero-order chi connectivity index (χ0) is 15.8.